The zero-order chi connectivity index (χ0) is 24.7. The van der Waals surface area contributed by atoms with Crippen molar-refractivity contribution in [1.82, 2.24) is 24.8 Å². The highest BCUT2D eigenvalue weighted by Gasteiger charge is 2.36. The fourth-order valence-corrected chi connectivity index (χ4v) is 4.79. The molecule has 1 amide bonds. The molecule has 0 radical (unpaired) electrons. The van der Waals surface area contributed by atoms with Gasteiger partial charge < -0.3 is 19.9 Å². The molecule has 3 heterocycles. The molecule has 180 valence electrons. The molecule has 9 nitrogen and oxygen atoms in total. The Morgan fingerprint density at radius 1 is 1.20 bits per heavy atom. The highest BCUT2D eigenvalue weighted by atomic mass is 35.5. The van der Waals surface area contributed by atoms with Crippen LogP contribution in [0, 0.1) is 0 Å². The van der Waals surface area contributed by atoms with Gasteiger partial charge in [0.25, 0.3) is 5.91 Å². The first-order chi connectivity index (χ1) is 16.9. The first-order valence-corrected chi connectivity index (χ1v) is 11.9. The van der Waals surface area contributed by atoms with E-state index >= 15 is 0 Å². The van der Waals surface area contributed by atoms with Crippen LogP contribution in [-0.4, -0.2) is 56.4 Å². The third-order valence-electron chi connectivity index (χ3n) is 6.17. The van der Waals surface area contributed by atoms with Crippen LogP contribution in [0.1, 0.15) is 42.0 Å². The lowest BCUT2D eigenvalue weighted by molar-refractivity contribution is -0.145. The second-order valence-electron chi connectivity index (χ2n) is 8.40. The molecule has 2 unspecified atom stereocenters. The van der Waals surface area contributed by atoms with Gasteiger partial charge in [0.05, 0.1) is 40.3 Å². The number of hydrogen-bond acceptors (Lipinski definition) is 7. The lowest BCUT2D eigenvalue weighted by Crippen LogP contribution is -2.41. The Hall–Kier alpha value is -3.43. The number of imidazole rings is 1. The van der Waals surface area contributed by atoms with Crippen LogP contribution < -0.4 is 5.32 Å². The summed E-state index contributed by atoms with van der Waals surface area (Å²) < 4.78 is 4.86. The number of halogens is 2. The van der Waals surface area contributed by atoms with Crippen LogP contribution in [0.25, 0.3) is 21.9 Å². The van der Waals surface area contributed by atoms with Crippen LogP contribution in [0.5, 0.6) is 0 Å². The van der Waals surface area contributed by atoms with Crippen molar-refractivity contribution in [2.24, 2.45) is 0 Å². The number of carbonyl (C=O) groups excluding carboxylic acids is 2. The molecule has 2 aromatic heterocycles. The number of amides is 1. The van der Waals surface area contributed by atoms with Crippen LogP contribution in [0.3, 0.4) is 0 Å². The van der Waals surface area contributed by atoms with Gasteiger partial charge in [-0.1, -0.05) is 23.2 Å². The molecule has 1 saturated heterocycles. The Morgan fingerprint density at radius 2 is 2.03 bits per heavy atom. The van der Waals surface area contributed by atoms with Crippen molar-refractivity contribution in [1.29, 1.82) is 0 Å². The Morgan fingerprint density at radius 3 is 2.83 bits per heavy atom. The molecule has 1 aliphatic heterocycles. The fraction of sp³-hybridized carbons (Fsp3) is 0.292. The number of aromatic amines is 1. The highest BCUT2D eigenvalue weighted by Crippen LogP contribution is 2.31. The van der Waals surface area contributed by atoms with Crippen LogP contribution in [0.2, 0.25) is 10.0 Å². The van der Waals surface area contributed by atoms with E-state index in [0.717, 1.165) is 23.3 Å². The van der Waals surface area contributed by atoms with E-state index in [4.69, 9.17) is 27.9 Å². The van der Waals surface area contributed by atoms with E-state index in [1.807, 2.05) is 13.0 Å². The Balaban J connectivity index is 1.44. The van der Waals surface area contributed by atoms with E-state index in [0.29, 0.717) is 34.7 Å². The summed E-state index contributed by atoms with van der Waals surface area (Å²) in [4.78, 5) is 43.5. The number of anilines is 1. The molecule has 2 N–H and O–H groups in total. The predicted octanol–water partition coefficient (Wildman–Crippen LogP) is 4.76. The first-order valence-electron chi connectivity index (χ1n) is 11.1. The van der Waals surface area contributed by atoms with Gasteiger partial charge >= 0.3 is 5.97 Å². The summed E-state index contributed by atoms with van der Waals surface area (Å²) in [5.41, 5.74) is 2.48. The first kappa shape index (κ1) is 23.3. The van der Waals surface area contributed by atoms with Crippen molar-refractivity contribution in [2.75, 3.05) is 19.0 Å². The smallest absolute Gasteiger partial charge is 0.328 e. The number of esters is 1. The summed E-state index contributed by atoms with van der Waals surface area (Å²) in [6.45, 7) is 2.41. The van der Waals surface area contributed by atoms with Gasteiger partial charge in [0.1, 0.15) is 24.0 Å². The van der Waals surface area contributed by atoms with Crippen molar-refractivity contribution in [3.63, 3.8) is 0 Å². The number of rotatable bonds is 5. The number of likely N-dealkylation sites (tertiary alicyclic amines) is 1. The third-order valence-corrected chi connectivity index (χ3v) is 6.72. The SMILES string of the molecule is COC(=O)C1CCCN1C(=O)c1cc2ncnc(NC(C)c3nc4cc(Cl)ccc4[nH]3)c2cc1Cl. The fourth-order valence-electron chi connectivity index (χ4n) is 4.38. The minimum Gasteiger partial charge on any atom is -0.467 e. The molecule has 1 aliphatic rings. The molecule has 0 spiro atoms. The third kappa shape index (κ3) is 4.37. The topological polar surface area (TPSA) is 113 Å². The van der Waals surface area contributed by atoms with Gasteiger partial charge in [0.2, 0.25) is 0 Å². The second kappa shape index (κ2) is 9.31. The summed E-state index contributed by atoms with van der Waals surface area (Å²) >= 11 is 12.6. The van der Waals surface area contributed by atoms with Crippen molar-refractivity contribution in [3.05, 3.63) is 58.1 Å². The van der Waals surface area contributed by atoms with E-state index in [1.54, 1.807) is 24.3 Å². The maximum Gasteiger partial charge on any atom is 0.328 e. The average Bonchev–Trinajstić information content (AvgIpc) is 3.50. The Bertz CT molecular complexity index is 1460. The van der Waals surface area contributed by atoms with Crippen molar-refractivity contribution in [2.45, 2.75) is 31.8 Å². The summed E-state index contributed by atoms with van der Waals surface area (Å²) in [6, 6.07) is 7.95. The molecule has 0 aliphatic carbocycles. The number of H-pyrrole nitrogens is 1. The number of methoxy groups -OCH3 is 1. The van der Waals surface area contributed by atoms with E-state index in [-0.39, 0.29) is 22.5 Å². The predicted molar refractivity (Wildman–Crippen MR) is 134 cm³/mol. The van der Waals surface area contributed by atoms with Crippen molar-refractivity contribution in [3.8, 4) is 0 Å². The molecular formula is C24H22Cl2N6O3. The van der Waals surface area contributed by atoms with Gasteiger partial charge in [0.15, 0.2) is 0 Å². The van der Waals surface area contributed by atoms with Gasteiger partial charge in [-0.25, -0.2) is 19.7 Å². The number of nitrogens with zero attached hydrogens (tertiary/aromatic N) is 4. The number of nitrogens with one attached hydrogen (secondary N) is 2. The summed E-state index contributed by atoms with van der Waals surface area (Å²) in [7, 11) is 1.32. The van der Waals surface area contributed by atoms with Gasteiger partial charge in [-0.05, 0) is 50.1 Å². The molecule has 4 aromatic rings. The molecule has 35 heavy (non-hydrogen) atoms. The number of carbonyl (C=O) groups is 2. The monoisotopic (exact) mass is 512 g/mol. The Kier molecular flexibility index (Phi) is 6.21. The van der Waals surface area contributed by atoms with E-state index in [1.165, 1.54) is 18.3 Å². The molecule has 1 fully saturated rings. The van der Waals surface area contributed by atoms with Crippen LogP contribution in [-0.2, 0) is 9.53 Å². The maximum absolute atomic E-state index is 13.3. The van der Waals surface area contributed by atoms with Crippen LogP contribution in [0.4, 0.5) is 5.82 Å². The minimum atomic E-state index is -0.610. The highest BCUT2D eigenvalue weighted by molar-refractivity contribution is 6.35. The van der Waals surface area contributed by atoms with Crippen LogP contribution in [0.15, 0.2) is 36.7 Å². The number of benzene rings is 2. The zero-order valence-corrected chi connectivity index (χ0v) is 20.5. The molecule has 11 heteroatoms. The normalized spacial score (nSPS) is 16.6. The summed E-state index contributed by atoms with van der Waals surface area (Å²) in [5, 5.41) is 4.87. The number of ether oxygens (including phenoxy) is 1. The van der Waals surface area contributed by atoms with Gasteiger partial charge in [-0.2, -0.15) is 0 Å². The quantitative estimate of drug-likeness (QED) is 0.370. The number of hydrogen-bond donors (Lipinski definition) is 2. The largest absolute Gasteiger partial charge is 0.467 e. The molecule has 5 rings (SSSR count). The molecular weight excluding hydrogens is 491 g/mol. The average molecular weight is 513 g/mol. The van der Waals surface area contributed by atoms with Crippen LogP contribution >= 0.6 is 23.2 Å². The van der Waals surface area contributed by atoms with Gasteiger partial charge in [-0.3, -0.25) is 4.79 Å². The minimum absolute atomic E-state index is 0.218. The maximum atomic E-state index is 13.3. The molecule has 2 aromatic carbocycles. The standard InChI is InChI=1S/C24H22Cl2N6O3/c1-12(21-30-17-6-5-13(25)8-19(17)31-21)29-22-15-9-16(26)14(10-18(15)27-11-28-22)23(33)32-7-3-4-20(32)24(34)35-2/h5-6,8-12,20H,3-4,7H2,1-2H3,(H,30,31)(H,27,28,29). The van der Waals surface area contributed by atoms with Crippen molar-refractivity contribution < 1.29 is 14.3 Å². The van der Waals surface area contributed by atoms with Gasteiger partial charge in [-0.15, -0.1) is 0 Å². The van der Waals surface area contributed by atoms with Crippen molar-refractivity contribution >= 4 is 62.8 Å². The molecule has 0 bridgehead atoms. The van der Waals surface area contributed by atoms with E-state index < -0.39 is 12.0 Å². The van der Waals surface area contributed by atoms with Gasteiger partial charge in [0, 0.05) is 17.0 Å². The number of fused-ring (bicyclic) bond motifs is 2. The Labute approximate surface area is 210 Å². The number of aromatic nitrogens is 4. The lowest BCUT2D eigenvalue weighted by atomic mass is 10.1. The van der Waals surface area contributed by atoms with E-state index in [2.05, 4.69) is 25.3 Å². The zero-order valence-electron chi connectivity index (χ0n) is 19.0. The van der Waals surface area contributed by atoms with E-state index in [9.17, 15) is 9.59 Å². The molecule has 0 saturated carbocycles. The second-order valence-corrected chi connectivity index (χ2v) is 9.24. The summed E-state index contributed by atoms with van der Waals surface area (Å²) in [6.07, 6.45) is 2.70. The summed E-state index contributed by atoms with van der Waals surface area (Å²) in [5.74, 6) is 0.515. The lowest BCUT2D eigenvalue weighted by Gasteiger charge is -2.23. The molecule has 2 atom stereocenters.